The molecule has 0 radical (unpaired) electrons. The van der Waals surface area contributed by atoms with Crippen LogP contribution in [0.5, 0.6) is 17.5 Å². The molecule has 0 aliphatic carbocycles. The summed E-state index contributed by atoms with van der Waals surface area (Å²) in [5.74, 6) is -2.19. The molecule has 0 bridgehead atoms. The average Bonchev–Trinajstić information content (AvgIpc) is 2.97. The van der Waals surface area contributed by atoms with Gasteiger partial charge in [-0.1, -0.05) is 6.07 Å². The standard InChI is InChI=1S/C28H31F6N3O9/c1-11-18(38)20(40)22(14(10-35)42-11)44-17-9-8-13(24(37-17)28(32,33)34)46-26(3,4)25-23(21(41)19(39)12(2)43-25)45-16-7-5-6-15(36-16)27(29,30)31/h5-9,11-12,14,18-23,25,38-41H,1-4H3/t11-,12-,14-,18+,19+,20+,21+,22+,23-,25+/m1/s1. The van der Waals surface area contributed by atoms with E-state index in [0.29, 0.717) is 6.07 Å². The van der Waals surface area contributed by atoms with Crippen molar-refractivity contribution in [3.05, 3.63) is 41.7 Å². The van der Waals surface area contributed by atoms with E-state index in [2.05, 4.69) is 9.97 Å². The van der Waals surface area contributed by atoms with Crippen LogP contribution in [0.2, 0.25) is 0 Å². The highest BCUT2D eigenvalue weighted by molar-refractivity contribution is 5.35. The largest absolute Gasteiger partial charge is 0.483 e. The van der Waals surface area contributed by atoms with Crippen molar-refractivity contribution in [2.45, 2.75) is 107 Å². The molecule has 4 heterocycles. The quantitative estimate of drug-likeness (QED) is 0.318. The Bertz CT molecular complexity index is 1420. The van der Waals surface area contributed by atoms with Gasteiger partial charge in [0.1, 0.15) is 41.8 Å². The summed E-state index contributed by atoms with van der Waals surface area (Å²) < 4.78 is 110. The summed E-state index contributed by atoms with van der Waals surface area (Å²) in [7, 11) is 0. The lowest BCUT2D eigenvalue weighted by atomic mass is 9.86. The van der Waals surface area contributed by atoms with Gasteiger partial charge in [0, 0.05) is 12.1 Å². The van der Waals surface area contributed by atoms with Crippen molar-refractivity contribution in [3.8, 4) is 23.6 Å². The molecule has 10 atom stereocenters. The summed E-state index contributed by atoms with van der Waals surface area (Å²) in [5.41, 5.74) is -4.79. The van der Waals surface area contributed by atoms with Gasteiger partial charge < -0.3 is 44.1 Å². The fraction of sp³-hybridized carbons (Fsp3) is 0.607. The van der Waals surface area contributed by atoms with Crippen molar-refractivity contribution in [2.24, 2.45) is 0 Å². The zero-order valence-corrected chi connectivity index (χ0v) is 24.6. The van der Waals surface area contributed by atoms with Crippen LogP contribution in [0.25, 0.3) is 0 Å². The predicted molar refractivity (Wildman–Crippen MR) is 140 cm³/mol. The lowest BCUT2D eigenvalue weighted by Crippen LogP contribution is -2.65. The van der Waals surface area contributed by atoms with E-state index in [4.69, 9.17) is 23.7 Å². The lowest BCUT2D eigenvalue weighted by molar-refractivity contribution is -0.245. The van der Waals surface area contributed by atoms with Crippen LogP contribution in [0.4, 0.5) is 26.3 Å². The molecule has 4 N–H and O–H groups in total. The predicted octanol–water partition coefficient (Wildman–Crippen LogP) is 2.41. The molecule has 12 nitrogen and oxygen atoms in total. The second-order valence-electron chi connectivity index (χ2n) is 11.3. The first kappa shape index (κ1) is 35.4. The molecule has 0 amide bonds. The van der Waals surface area contributed by atoms with Crippen molar-refractivity contribution in [2.75, 3.05) is 0 Å². The van der Waals surface area contributed by atoms with Crippen LogP contribution in [0.3, 0.4) is 0 Å². The fourth-order valence-corrected chi connectivity index (χ4v) is 5.05. The number of nitrogens with zero attached hydrogens (tertiary/aromatic N) is 3. The van der Waals surface area contributed by atoms with Crippen molar-refractivity contribution in [1.29, 1.82) is 5.26 Å². The number of halogens is 6. The zero-order chi connectivity index (χ0) is 34.4. The Hall–Kier alpha value is -3.47. The van der Waals surface area contributed by atoms with E-state index >= 15 is 0 Å². The molecule has 2 fully saturated rings. The number of aliphatic hydroxyl groups is 4. The van der Waals surface area contributed by atoms with Crippen LogP contribution in [0.15, 0.2) is 30.3 Å². The van der Waals surface area contributed by atoms with Gasteiger partial charge in [-0.2, -0.15) is 31.6 Å². The normalized spacial score (nSPS) is 32.4. The molecule has 2 aromatic rings. The van der Waals surface area contributed by atoms with Crippen molar-refractivity contribution < 1.29 is 70.5 Å². The maximum atomic E-state index is 14.2. The number of nitriles is 1. The maximum Gasteiger partial charge on any atom is 0.437 e. The molecule has 2 aromatic heterocycles. The average molecular weight is 668 g/mol. The Balaban J connectivity index is 1.65. The van der Waals surface area contributed by atoms with Crippen LogP contribution in [0.1, 0.15) is 39.1 Å². The van der Waals surface area contributed by atoms with Crippen LogP contribution in [-0.2, 0) is 21.8 Å². The van der Waals surface area contributed by atoms with E-state index in [9.17, 15) is 52.0 Å². The molecule has 46 heavy (non-hydrogen) atoms. The van der Waals surface area contributed by atoms with E-state index in [1.807, 2.05) is 0 Å². The number of hydrogen-bond donors (Lipinski definition) is 4. The Kier molecular flexibility index (Phi) is 9.98. The maximum absolute atomic E-state index is 14.2. The SMILES string of the molecule is C[C@H]1O[C@H](C#N)[C@H](Oc2ccc(OC(C)(C)[C@H]3O[C@H](C)[C@H](O)[C@H](O)[C@H]3Oc3cccc(C(F)(F)F)n3)c(C(F)(F)F)n2)[C@@H](O)[C@H]1O. The van der Waals surface area contributed by atoms with Crippen LogP contribution in [0, 0.1) is 11.3 Å². The Morgan fingerprint density at radius 2 is 1.33 bits per heavy atom. The molecule has 2 aliphatic heterocycles. The molecule has 0 saturated carbocycles. The number of aromatic nitrogens is 2. The molecular weight excluding hydrogens is 636 g/mol. The molecule has 2 saturated heterocycles. The Morgan fingerprint density at radius 3 is 1.91 bits per heavy atom. The summed E-state index contributed by atoms with van der Waals surface area (Å²) >= 11 is 0. The van der Waals surface area contributed by atoms with Crippen molar-refractivity contribution >= 4 is 0 Å². The minimum atomic E-state index is -5.16. The smallest absolute Gasteiger partial charge is 0.437 e. The second kappa shape index (κ2) is 13.0. The van der Waals surface area contributed by atoms with Gasteiger partial charge in [-0.25, -0.2) is 9.97 Å². The molecule has 4 rings (SSSR count). The number of pyridine rings is 2. The van der Waals surface area contributed by atoms with E-state index in [1.165, 1.54) is 27.7 Å². The fourth-order valence-electron chi connectivity index (χ4n) is 5.05. The minimum absolute atomic E-state index is 0.617. The first-order valence-corrected chi connectivity index (χ1v) is 13.8. The highest BCUT2D eigenvalue weighted by Gasteiger charge is 2.53. The highest BCUT2D eigenvalue weighted by Crippen LogP contribution is 2.41. The van der Waals surface area contributed by atoms with Gasteiger partial charge in [0.05, 0.1) is 18.3 Å². The summed E-state index contributed by atoms with van der Waals surface area (Å²) in [6, 6.07) is 6.18. The van der Waals surface area contributed by atoms with E-state index in [1.54, 1.807) is 6.07 Å². The number of aliphatic hydroxyl groups excluding tert-OH is 4. The van der Waals surface area contributed by atoms with Gasteiger partial charge >= 0.3 is 12.4 Å². The number of alkyl halides is 6. The molecule has 0 unspecified atom stereocenters. The summed E-state index contributed by atoms with van der Waals surface area (Å²) in [6.07, 6.45) is -25.0. The van der Waals surface area contributed by atoms with Gasteiger partial charge in [0.2, 0.25) is 11.8 Å². The number of hydrogen-bond acceptors (Lipinski definition) is 12. The van der Waals surface area contributed by atoms with Crippen LogP contribution >= 0.6 is 0 Å². The third kappa shape index (κ3) is 7.40. The molecule has 2 aliphatic rings. The summed E-state index contributed by atoms with van der Waals surface area (Å²) in [5, 5.41) is 51.1. The van der Waals surface area contributed by atoms with Gasteiger partial charge in [-0.05, 0) is 39.8 Å². The van der Waals surface area contributed by atoms with Crippen molar-refractivity contribution in [3.63, 3.8) is 0 Å². The van der Waals surface area contributed by atoms with E-state index in [0.717, 1.165) is 24.3 Å². The second-order valence-corrected chi connectivity index (χ2v) is 11.3. The highest BCUT2D eigenvalue weighted by atomic mass is 19.4. The number of rotatable bonds is 7. The van der Waals surface area contributed by atoms with Gasteiger partial charge in [0.25, 0.3) is 0 Å². The van der Waals surface area contributed by atoms with Gasteiger partial charge in [-0.15, -0.1) is 0 Å². The Labute approximate surface area is 258 Å². The first-order chi connectivity index (χ1) is 21.2. The van der Waals surface area contributed by atoms with E-state index in [-0.39, 0.29) is 0 Å². The molecular formula is C28H31F6N3O9. The molecule has 18 heteroatoms. The number of ether oxygens (including phenoxy) is 5. The molecule has 0 aromatic carbocycles. The monoisotopic (exact) mass is 667 g/mol. The van der Waals surface area contributed by atoms with Crippen LogP contribution < -0.4 is 14.2 Å². The first-order valence-electron chi connectivity index (χ1n) is 13.8. The summed E-state index contributed by atoms with van der Waals surface area (Å²) in [4.78, 5) is 6.84. The topological polar surface area (TPSA) is 177 Å². The van der Waals surface area contributed by atoms with Crippen molar-refractivity contribution in [1.82, 2.24) is 9.97 Å². The Morgan fingerprint density at radius 1 is 0.761 bits per heavy atom. The third-order valence-electron chi connectivity index (χ3n) is 7.47. The van der Waals surface area contributed by atoms with Gasteiger partial charge in [-0.3, -0.25) is 0 Å². The molecule has 0 spiro atoms. The lowest BCUT2D eigenvalue weighted by Gasteiger charge is -2.47. The van der Waals surface area contributed by atoms with Crippen LogP contribution in [-0.4, -0.2) is 97.0 Å². The third-order valence-corrected chi connectivity index (χ3v) is 7.47. The summed E-state index contributed by atoms with van der Waals surface area (Å²) in [6.45, 7) is 5.24. The zero-order valence-electron chi connectivity index (χ0n) is 24.6. The minimum Gasteiger partial charge on any atom is -0.483 e. The van der Waals surface area contributed by atoms with Gasteiger partial charge in [0.15, 0.2) is 29.8 Å². The van der Waals surface area contributed by atoms with E-state index < -0.39 is 108 Å². The molecule has 254 valence electrons.